The molecule has 6 nitrogen and oxygen atoms in total. The second-order valence-electron chi connectivity index (χ2n) is 5.42. The van der Waals surface area contributed by atoms with E-state index in [0.717, 1.165) is 7.11 Å². The molecule has 132 valence electrons. The average Bonchev–Trinajstić information content (AvgIpc) is 2.50. The third-order valence-electron chi connectivity index (χ3n) is 3.92. The molecule has 0 unspecified atom stereocenters. The van der Waals surface area contributed by atoms with Crippen molar-refractivity contribution in [1.29, 1.82) is 0 Å². The molecule has 1 aromatic rings. The highest BCUT2D eigenvalue weighted by Crippen LogP contribution is 2.36. The van der Waals surface area contributed by atoms with Gasteiger partial charge >= 0.3 is 0 Å². The minimum atomic E-state index is -3.85. The second-order valence-corrected chi connectivity index (χ2v) is 7.16. The van der Waals surface area contributed by atoms with Crippen LogP contribution < -0.4 is 0 Å². The van der Waals surface area contributed by atoms with E-state index >= 15 is 0 Å². The summed E-state index contributed by atoms with van der Waals surface area (Å²) in [5.74, 6) is -5.30. The number of benzene rings is 1. The van der Waals surface area contributed by atoms with Crippen LogP contribution in [0.5, 0.6) is 0 Å². The molecule has 10 heteroatoms. The Balaban J connectivity index is 2.36. The second kappa shape index (κ2) is 6.89. The summed E-state index contributed by atoms with van der Waals surface area (Å²) in [4.78, 5) is 10.6. The van der Waals surface area contributed by atoms with Crippen LogP contribution >= 0.6 is 0 Å². The summed E-state index contributed by atoms with van der Waals surface area (Å²) in [7, 11) is -2.87. The minimum absolute atomic E-state index is 0.0673. The standard InChI is InChI=1S/C14H14F3NO5S/c1-23-24(21,22)7-8-2-3-9(14(4-8)18(19)20)10-5-12(16)13(17)6-11(10)15/h2,5-6,9,14H,3-4,7H2,1H3/t9-,14+/m1/s1. The molecular weight excluding hydrogens is 351 g/mol. The maximum atomic E-state index is 13.9. The van der Waals surface area contributed by atoms with Gasteiger partial charge < -0.3 is 0 Å². The van der Waals surface area contributed by atoms with Crippen molar-refractivity contribution in [3.05, 3.63) is 56.9 Å². The fourth-order valence-corrected chi connectivity index (χ4v) is 3.53. The number of hydrogen-bond acceptors (Lipinski definition) is 5. The molecule has 2 rings (SSSR count). The third kappa shape index (κ3) is 3.93. The predicted octanol–water partition coefficient (Wildman–Crippen LogP) is 2.53. The molecule has 0 heterocycles. The molecule has 0 aromatic heterocycles. The van der Waals surface area contributed by atoms with Gasteiger partial charge in [-0.15, -0.1) is 0 Å². The maximum Gasteiger partial charge on any atom is 0.270 e. The Kier molecular flexibility index (Phi) is 5.29. The van der Waals surface area contributed by atoms with E-state index in [1.807, 2.05) is 0 Å². The summed E-state index contributed by atoms with van der Waals surface area (Å²) in [6.45, 7) is 0. The Morgan fingerprint density at radius 1 is 1.25 bits per heavy atom. The van der Waals surface area contributed by atoms with Gasteiger partial charge in [-0.2, -0.15) is 8.42 Å². The molecule has 2 atom stereocenters. The van der Waals surface area contributed by atoms with Crippen molar-refractivity contribution in [2.45, 2.75) is 24.8 Å². The molecule has 24 heavy (non-hydrogen) atoms. The quantitative estimate of drug-likeness (QED) is 0.263. The van der Waals surface area contributed by atoms with Gasteiger partial charge in [0, 0.05) is 23.0 Å². The number of halogens is 3. The Bertz CT molecular complexity index is 794. The monoisotopic (exact) mass is 365 g/mol. The van der Waals surface area contributed by atoms with Crippen molar-refractivity contribution in [1.82, 2.24) is 0 Å². The number of nitrogens with zero attached hydrogens (tertiary/aromatic N) is 1. The number of nitro groups is 1. The van der Waals surface area contributed by atoms with E-state index in [2.05, 4.69) is 4.18 Å². The Labute approximate surface area is 136 Å². The molecular formula is C14H14F3NO5S. The van der Waals surface area contributed by atoms with Gasteiger partial charge in [-0.25, -0.2) is 13.2 Å². The Hall–Kier alpha value is -1.94. The van der Waals surface area contributed by atoms with Crippen molar-refractivity contribution in [3.63, 3.8) is 0 Å². The van der Waals surface area contributed by atoms with Gasteiger partial charge in [-0.05, 0) is 18.1 Å². The highest BCUT2D eigenvalue weighted by atomic mass is 32.2. The largest absolute Gasteiger partial charge is 0.273 e. The van der Waals surface area contributed by atoms with Crippen LogP contribution in [0.1, 0.15) is 24.3 Å². The first-order valence-electron chi connectivity index (χ1n) is 6.88. The number of allylic oxidation sites excluding steroid dienone is 1. The average molecular weight is 365 g/mol. The van der Waals surface area contributed by atoms with E-state index in [-0.39, 0.29) is 24.0 Å². The summed E-state index contributed by atoms with van der Waals surface area (Å²) < 4.78 is 67.5. The van der Waals surface area contributed by atoms with E-state index < -0.39 is 50.2 Å². The molecule has 0 fully saturated rings. The fourth-order valence-electron chi connectivity index (χ4n) is 2.73. The molecule has 0 amide bonds. The molecule has 0 spiro atoms. The zero-order chi connectivity index (χ0) is 18.1. The highest BCUT2D eigenvalue weighted by molar-refractivity contribution is 7.86. The molecule has 0 aliphatic heterocycles. The van der Waals surface area contributed by atoms with Gasteiger partial charge in [0.2, 0.25) is 6.04 Å². The van der Waals surface area contributed by atoms with Crippen molar-refractivity contribution < 1.29 is 30.7 Å². The number of hydrogen-bond donors (Lipinski definition) is 0. The van der Waals surface area contributed by atoms with Crippen molar-refractivity contribution >= 4 is 10.1 Å². The van der Waals surface area contributed by atoms with E-state index in [1.165, 1.54) is 6.08 Å². The predicted molar refractivity (Wildman–Crippen MR) is 78.0 cm³/mol. The lowest BCUT2D eigenvalue weighted by molar-refractivity contribution is -0.527. The first-order valence-corrected chi connectivity index (χ1v) is 8.46. The molecule has 0 saturated carbocycles. The van der Waals surface area contributed by atoms with Crippen LogP contribution in [0.4, 0.5) is 13.2 Å². The third-order valence-corrected chi connectivity index (χ3v) is 5.15. The van der Waals surface area contributed by atoms with Crippen LogP contribution in [0.3, 0.4) is 0 Å². The zero-order valence-corrected chi connectivity index (χ0v) is 13.4. The van der Waals surface area contributed by atoms with Crippen molar-refractivity contribution in [2.75, 3.05) is 12.9 Å². The smallest absolute Gasteiger partial charge is 0.270 e. The summed E-state index contributed by atoms with van der Waals surface area (Å²) in [5, 5.41) is 11.3. The highest BCUT2D eigenvalue weighted by Gasteiger charge is 2.38. The van der Waals surface area contributed by atoms with Crippen LogP contribution in [0.25, 0.3) is 0 Å². The lowest BCUT2D eigenvalue weighted by atomic mass is 9.81. The Morgan fingerprint density at radius 3 is 2.46 bits per heavy atom. The van der Waals surface area contributed by atoms with Crippen LogP contribution in [0, 0.1) is 27.6 Å². The Morgan fingerprint density at radius 2 is 1.88 bits per heavy atom. The van der Waals surface area contributed by atoms with Gasteiger partial charge in [0.05, 0.1) is 18.8 Å². The molecule has 1 aliphatic carbocycles. The van der Waals surface area contributed by atoms with E-state index in [0.29, 0.717) is 12.1 Å². The zero-order valence-electron chi connectivity index (χ0n) is 12.5. The fraction of sp³-hybridized carbons (Fsp3) is 0.429. The summed E-state index contributed by atoms with van der Waals surface area (Å²) >= 11 is 0. The normalized spacial score (nSPS) is 21.4. The maximum absolute atomic E-state index is 13.9. The molecule has 1 aromatic carbocycles. The molecule has 1 aliphatic rings. The topological polar surface area (TPSA) is 86.5 Å². The summed E-state index contributed by atoms with van der Waals surface area (Å²) in [6, 6.07) is -0.399. The molecule has 0 saturated heterocycles. The summed E-state index contributed by atoms with van der Waals surface area (Å²) in [5.41, 5.74) is -0.0432. The van der Waals surface area contributed by atoms with E-state index in [9.17, 15) is 31.7 Å². The van der Waals surface area contributed by atoms with Crippen LogP contribution in [-0.4, -0.2) is 32.2 Å². The first-order chi connectivity index (χ1) is 11.1. The van der Waals surface area contributed by atoms with E-state index in [4.69, 9.17) is 0 Å². The minimum Gasteiger partial charge on any atom is -0.273 e. The molecule has 0 N–H and O–H groups in total. The van der Waals surface area contributed by atoms with Crippen molar-refractivity contribution in [2.24, 2.45) is 0 Å². The van der Waals surface area contributed by atoms with Gasteiger partial charge in [0.1, 0.15) is 5.82 Å². The summed E-state index contributed by atoms with van der Waals surface area (Å²) in [6.07, 6.45) is 1.11. The lowest BCUT2D eigenvalue weighted by Crippen LogP contribution is -2.32. The SMILES string of the molecule is COS(=O)(=O)CC1=CC[C@H](c2cc(F)c(F)cc2F)[C@@H]([N+](=O)[O-])C1. The van der Waals surface area contributed by atoms with E-state index in [1.54, 1.807) is 0 Å². The number of rotatable bonds is 5. The first kappa shape index (κ1) is 18.4. The van der Waals surface area contributed by atoms with Gasteiger partial charge in [0.15, 0.2) is 11.6 Å². The van der Waals surface area contributed by atoms with Crippen LogP contribution in [-0.2, 0) is 14.3 Å². The van der Waals surface area contributed by atoms with Crippen molar-refractivity contribution in [3.8, 4) is 0 Å². The molecule has 0 bridgehead atoms. The van der Waals surface area contributed by atoms with Gasteiger partial charge in [-0.1, -0.05) is 6.08 Å². The molecule has 0 radical (unpaired) electrons. The lowest BCUT2D eigenvalue weighted by Gasteiger charge is -2.26. The van der Waals surface area contributed by atoms with Gasteiger partial charge in [-0.3, -0.25) is 14.3 Å². The van der Waals surface area contributed by atoms with Crippen LogP contribution in [0.15, 0.2) is 23.8 Å². The van der Waals surface area contributed by atoms with Gasteiger partial charge in [0.25, 0.3) is 10.1 Å². The van der Waals surface area contributed by atoms with Crippen LogP contribution in [0.2, 0.25) is 0 Å².